The highest BCUT2D eigenvalue weighted by Gasteiger charge is 1.87. The lowest BCUT2D eigenvalue weighted by molar-refractivity contribution is 0.585. The molecule has 0 aromatic carbocycles. The van der Waals surface area contributed by atoms with Crippen molar-refractivity contribution in [3.63, 3.8) is 0 Å². The Balaban J connectivity index is 0. The second kappa shape index (κ2) is 20.2. The van der Waals surface area contributed by atoms with E-state index < -0.39 is 0 Å². The van der Waals surface area contributed by atoms with E-state index in [2.05, 4.69) is 27.4 Å². The van der Waals surface area contributed by atoms with Crippen LogP contribution in [0.5, 0.6) is 0 Å². The summed E-state index contributed by atoms with van der Waals surface area (Å²) in [4.78, 5) is 0. The molecular formula is C16H34. The van der Waals surface area contributed by atoms with Gasteiger partial charge >= 0.3 is 0 Å². The van der Waals surface area contributed by atoms with Gasteiger partial charge in [-0.2, -0.15) is 0 Å². The van der Waals surface area contributed by atoms with Gasteiger partial charge in [-0.15, -0.1) is 6.58 Å². The summed E-state index contributed by atoms with van der Waals surface area (Å²) in [7, 11) is 0. The number of hydrogen-bond acceptors (Lipinski definition) is 0. The molecule has 0 heteroatoms. The van der Waals surface area contributed by atoms with Crippen molar-refractivity contribution in [2.45, 2.75) is 91.4 Å². The maximum Gasteiger partial charge on any atom is -0.0354 e. The molecule has 0 amide bonds. The SMILES string of the molecule is C=CCCCC.CCCCCCCCCC. The molecule has 0 unspecified atom stereocenters. The molecule has 0 aliphatic rings. The molecule has 0 fully saturated rings. The van der Waals surface area contributed by atoms with Crippen LogP contribution in [0.2, 0.25) is 0 Å². The lowest BCUT2D eigenvalue weighted by atomic mass is 10.1. The van der Waals surface area contributed by atoms with Crippen LogP contribution in [-0.4, -0.2) is 0 Å². The molecule has 0 atom stereocenters. The Bertz CT molecular complexity index is 96.6. The van der Waals surface area contributed by atoms with E-state index in [0.717, 1.165) is 0 Å². The van der Waals surface area contributed by atoms with Gasteiger partial charge < -0.3 is 0 Å². The zero-order chi connectivity index (χ0) is 12.5. The Morgan fingerprint density at radius 3 is 1.25 bits per heavy atom. The normalized spacial score (nSPS) is 9.44. The highest BCUT2D eigenvalue weighted by Crippen LogP contribution is 2.07. The van der Waals surface area contributed by atoms with Crippen molar-refractivity contribution >= 4 is 0 Å². The Kier molecular flexibility index (Phi) is 22.9. The Labute approximate surface area is 105 Å². The van der Waals surface area contributed by atoms with Crippen LogP contribution >= 0.6 is 0 Å². The molecule has 0 aliphatic heterocycles. The van der Waals surface area contributed by atoms with E-state index in [1.807, 2.05) is 6.08 Å². The number of allylic oxidation sites excluding steroid dienone is 1. The summed E-state index contributed by atoms with van der Waals surface area (Å²) in [5.74, 6) is 0. The van der Waals surface area contributed by atoms with Crippen LogP contribution in [0.25, 0.3) is 0 Å². The lowest BCUT2D eigenvalue weighted by Crippen LogP contribution is -1.77. The highest BCUT2D eigenvalue weighted by atomic mass is 13.9. The average Bonchev–Trinajstić information content (AvgIpc) is 2.32. The van der Waals surface area contributed by atoms with Gasteiger partial charge in [-0.1, -0.05) is 91.1 Å². The van der Waals surface area contributed by atoms with E-state index in [1.165, 1.54) is 70.6 Å². The molecule has 16 heavy (non-hydrogen) atoms. The van der Waals surface area contributed by atoms with E-state index in [4.69, 9.17) is 0 Å². The second-order valence-corrected chi connectivity index (χ2v) is 4.55. The fourth-order valence-corrected chi connectivity index (χ4v) is 1.56. The first kappa shape index (κ1) is 18.1. The van der Waals surface area contributed by atoms with Crippen LogP contribution in [0.15, 0.2) is 12.7 Å². The van der Waals surface area contributed by atoms with Crippen molar-refractivity contribution in [2.75, 3.05) is 0 Å². The first-order valence-corrected chi connectivity index (χ1v) is 7.44. The van der Waals surface area contributed by atoms with Crippen molar-refractivity contribution < 1.29 is 0 Å². The molecule has 98 valence electrons. The van der Waals surface area contributed by atoms with E-state index in [0.29, 0.717) is 0 Å². The predicted molar refractivity (Wildman–Crippen MR) is 78.0 cm³/mol. The Morgan fingerprint density at radius 2 is 1.00 bits per heavy atom. The lowest BCUT2D eigenvalue weighted by Gasteiger charge is -1.97. The van der Waals surface area contributed by atoms with Crippen LogP contribution in [0.1, 0.15) is 91.4 Å². The van der Waals surface area contributed by atoms with Gasteiger partial charge in [0.25, 0.3) is 0 Å². The molecule has 0 saturated carbocycles. The molecule has 0 bridgehead atoms. The summed E-state index contributed by atoms with van der Waals surface area (Å²) in [6.45, 7) is 10.3. The van der Waals surface area contributed by atoms with Crippen LogP contribution < -0.4 is 0 Å². The van der Waals surface area contributed by atoms with E-state index >= 15 is 0 Å². The minimum Gasteiger partial charge on any atom is -0.103 e. The zero-order valence-corrected chi connectivity index (χ0v) is 12.1. The average molecular weight is 226 g/mol. The van der Waals surface area contributed by atoms with E-state index in [-0.39, 0.29) is 0 Å². The van der Waals surface area contributed by atoms with Gasteiger partial charge in [0.15, 0.2) is 0 Å². The third-order valence-electron chi connectivity index (χ3n) is 2.72. The maximum atomic E-state index is 3.60. The molecule has 0 aromatic heterocycles. The summed E-state index contributed by atoms with van der Waals surface area (Å²) in [6, 6.07) is 0. The van der Waals surface area contributed by atoms with Crippen molar-refractivity contribution in [2.24, 2.45) is 0 Å². The van der Waals surface area contributed by atoms with Crippen molar-refractivity contribution in [1.29, 1.82) is 0 Å². The molecule has 0 spiro atoms. The number of unbranched alkanes of at least 4 members (excludes halogenated alkanes) is 9. The largest absolute Gasteiger partial charge is 0.103 e. The smallest absolute Gasteiger partial charge is 0.0354 e. The second-order valence-electron chi connectivity index (χ2n) is 4.55. The fraction of sp³-hybridized carbons (Fsp3) is 0.875. The Hall–Kier alpha value is -0.260. The molecule has 0 saturated heterocycles. The number of rotatable bonds is 10. The molecular weight excluding hydrogens is 192 g/mol. The number of hydrogen-bond donors (Lipinski definition) is 0. The van der Waals surface area contributed by atoms with Crippen LogP contribution in [-0.2, 0) is 0 Å². The van der Waals surface area contributed by atoms with Gasteiger partial charge in [-0.25, -0.2) is 0 Å². The standard InChI is InChI=1S/C10H22.C6H12/c1-3-5-7-9-10-8-6-4-2;1-3-5-6-4-2/h3-10H2,1-2H3;3H,1,4-6H2,2H3. The molecule has 0 N–H and O–H groups in total. The minimum absolute atomic E-state index is 1.18. The topological polar surface area (TPSA) is 0 Å². The van der Waals surface area contributed by atoms with Crippen LogP contribution in [0, 0.1) is 0 Å². The van der Waals surface area contributed by atoms with E-state index in [1.54, 1.807) is 0 Å². The molecule has 0 aliphatic carbocycles. The van der Waals surface area contributed by atoms with Gasteiger partial charge in [-0.05, 0) is 6.42 Å². The minimum atomic E-state index is 1.18. The van der Waals surface area contributed by atoms with Crippen molar-refractivity contribution in [1.82, 2.24) is 0 Å². The predicted octanol–water partition coefficient (Wildman–Crippen LogP) is 6.51. The molecule has 0 rings (SSSR count). The summed E-state index contributed by atoms with van der Waals surface area (Å²) in [6.07, 6.45) is 17.2. The monoisotopic (exact) mass is 226 g/mol. The van der Waals surface area contributed by atoms with Crippen LogP contribution in [0.4, 0.5) is 0 Å². The van der Waals surface area contributed by atoms with Gasteiger partial charge in [0.05, 0.1) is 0 Å². The molecule has 0 nitrogen and oxygen atoms in total. The maximum absolute atomic E-state index is 3.60. The van der Waals surface area contributed by atoms with Gasteiger partial charge in [0.1, 0.15) is 0 Å². The Morgan fingerprint density at radius 1 is 0.625 bits per heavy atom. The summed E-state index contributed by atoms with van der Waals surface area (Å²) in [5, 5.41) is 0. The molecule has 0 aromatic rings. The molecule has 0 radical (unpaired) electrons. The van der Waals surface area contributed by atoms with Gasteiger partial charge in [0.2, 0.25) is 0 Å². The summed E-state index contributed by atoms with van der Waals surface area (Å²) >= 11 is 0. The summed E-state index contributed by atoms with van der Waals surface area (Å²) < 4.78 is 0. The van der Waals surface area contributed by atoms with Crippen molar-refractivity contribution in [3.8, 4) is 0 Å². The van der Waals surface area contributed by atoms with E-state index in [9.17, 15) is 0 Å². The summed E-state index contributed by atoms with van der Waals surface area (Å²) in [5.41, 5.74) is 0. The third kappa shape index (κ3) is 23.5. The van der Waals surface area contributed by atoms with Gasteiger partial charge in [0, 0.05) is 0 Å². The quantitative estimate of drug-likeness (QED) is 0.294. The first-order valence-electron chi connectivity index (χ1n) is 7.44. The van der Waals surface area contributed by atoms with Crippen LogP contribution in [0.3, 0.4) is 0 Å². The molecule has 0 heterocycles. The fourth-order valence-electron chi connectivity index (χ4n) is 1.56. The van der Waals surface area contributed by atoms with Crippen molar-refractivity contribution in [3.05, 3.63) is 12.7 Å². The van der Waals surface area contributed by atoms with Gasteiger partial charge in [-0.3, -0.25) is 0 Å². The first-order chi connectivity index (χ1) is 7.83. The zero-order valence-electron chi connectivity index (χ0n) is 12.1. The third-order valence-corrected chi connectivity index (χ3v) is 2.72. The highest BCUT2D eigenvalue weighted by molar-refractivity contribution is 4.64.